The third-order valence-corrected chi connectivity index (χ3v) is 2.66. The normalized spacial score (nSPS) is 20.7. The van der Waals surface area contributed by atoms with Crippen LogP contribution in [0.25, 0.3) is 0 Å². The van der Waals surface area contributed by atoms with E-state index in [1.807, 2.05) is 0 Å². The Kier molecular flexibility index (Phi) is 3.74. The van der Waals surface area contributed by atoms with Gasteiger partial charge in [-0.05, 0) is 12.8 Å². The van der Waals surface area contributed by atoms with Crippen molar-refractivity contribution in [1.82, 2.24) is 5.32 Å². The average Bonchev–Trinajstić information content (AvgIpc) is 2.04. The van der Waals surface area contributed by atoms with E-state index in [9.17, 15) is 8.42 Å². The summed E-state index contributed by atoms with van der Waals surface area (Å²) in [5.41, 5.74) is 0. The first-order valence-corrected chi connectivity index (χ1v) is 5.98. The van der Waals surface area contributed by atoms with Gasteiger partial charge in [0, 0.05) is 12.2 Å². The quantitative estimate of drug-likeness (QED) is 0.681. The Balaban J connectivity index is 2.29. The van der Waals surface area contributed by atoms with Crippen LogP contribution in [0, 0.1) is 0 Å². The van der Waals surface area contributed by atoms with E-state index in [1.165, 1.54) is 25.5 Å². The summed E-state index contributed by atoms with van der Waals surface area (Å²) in [6.45, 7) is 0. The Morgan fingerprint density at radius 2 is 1.85 bits per heavy atom. The van der Waals surface area contributed by atoms with E-state index < -0.39 is 10.1 Å². The van der Waals surface area contributed by atoms with Crippen LogP contribution in [0.1, 0.15) is 32.1 Å². The monoisotopic (exact) mass is 205 g/mol. The van der Waals surface area contributed by atoms with E-state index in [-0.39, 0.29) is 0 Å². The van der Waals surface area contributed by atoms with Crippen LogP contribution in [0.15, 0.2) is 11.6 Å². The van der Waals surface area contributed by atoms with Gasteiger partial charge in [0.05, 0.1) is 5.41 Å². The summed E-state index contributed by atoms with van der Waals surface area (Å²) >= 11 is 0. The molecule has 0 aliphatic heterocycles. The van der Waals surface area contributed by atoms with Gasteiger partial charge in [0.15, 0.2) is 0 Å². The van der Waals surface area contributed by atoms with E-state index in [1.54, 1.807) is 0 Å². The molecule has 0 aromatic heterocycles. The Bertz CT molecular complexity index is 265. The molecule has 2 N–H and O–H groups in total. The Morgan fingerprint density at radius 3 is 2.38 bits per heavy atom. The molecule has 0 heterocycles. The lowest BCUT2D eigenvalue weighted by molar-refractivity contribution is 0.404. The number of nitrogens with one attached hydrogen (secondary N) is 1. The van der Waals surface area contributed by atoms with Gasteiger partial charge in [-0.25, -0.2) is 0 Å². The first-order chi connectivity index (χ1) is 6.08. The molecule has 5 heteroatoms. The number of rotatable bonds is 3. The second kappa shape index (κ2) is 4.62. The summed E-state index contributed by atoms with van der Waals surface area (Å²) in [7, 11) is -3.97. The first-order valence-electron chi connectivity index (χ1n) is 4.48. The van der Waals surface area contributed by atoms with E-state index >= 15 is 0 Å². The van der Waals surface area contributed by atoms with Crippen LogP contribution in [0.3, 0.4) is 0 Å². The minimum absolute atomic E-state index is 0.367. The fourth-order valence-corrected chi connectivity index (χ4v) is 1.78. The Morgan fingerprint density at radius 1 is 1.23 bits per heavy atom. The zero-order chi connectivity index (χ0) is 9.73. The van der Waals surface area contributed by atoms with Gasteiger partial charge in [-0.1, -0.05) is 19.3 Å². The number of hydrogen-bond donors (Lipinski definition) is 2. The van der Waals surface area contributed by atoms with Crippen molar-refractivity contribution in [3.63, 3.8) is 0 Å². The molecule has 0 spiro atoms. The van der Waals surface area contributed by atoms with Crippen molar-refractivity contribution >= 4 is 10.1 Å². The molecular weight excluding hydrogens is 190 g/mol. The smallest absolute Gasteiger partial charge is 0.289 e. The minimum Gasteiger partial charge on any atom is -0.388 e. The van der Waals surface area contributed by atoms with Crippen LogP contribution in [0.2, 0.25) is 0 Å². The first kappa shape index (κ1) is 10.5. The second-order valence-corrected chi connectivity index (χ2v) is 4.62. The predicted octanol–water partition coefficient (Wildman–Crippen LogP) is 1.27. The summed E-state index contributed by atoms with van der Waals surface area (Å²) in [5.74, 6) is 0. The van der Waals surface area contributed by atoms with Crippen LogP contribution in [0.4, 0.5) is 0 Å². The summed E-state index contributed by atoms with van der Waals surface area (Å²) in [6.07, 6.45) is 7.12. The zero-order valence-corrected chi connectivity index (χ0v) is 8.26. The predicted molar refractivity (Wildman–Crippen MR) is 50.7 cm³/mol. The second-order valence-electron chi connectivity index (χ2n) is 3.32. The molecule has 76 valence electrons. The lowest BCUT2D eigenvalue weighted by Gasteiger charge is -2.21. The highest BCUT2D eigenvalue weighted by molar-refractivity contribution is 7.88. The largest absolute Gasteiger partial charge is 0.388 e. The van der Waals surface area contributed by atoms with E-state index in [4.69, 9.17) is 4.55 Å². The topological polar surface area (TPSA) is 66.4 Å². The Labute approximate surface area is 78.8 Å². The van der Waals surface area contributed by atoms with Gasteiger partial charge in [0.2, 0.25) is 0 Å². The molecule has 1 rings (SSSR count). The fraction of sp³-hybridized carbons (Fsp3) is 0.750. The van der Waals surface area contributed by atoms with Gasteiger partial charge in [-0.3, -0.25) is 4.55 Å². The molecule has 1 aliphatic rings. The maximum Gasteiger partial charge on any atom is 0.289 e. The maximum absolute atomic E-state index is 10.3. The minimum atomic E-state index is -3.97. The van der Waals surface area contributed by atoms with Gasteiger partial charge < -0.3 is 5.32 Å². The standard InChI is InChI=1S/C8H15NO3S/c10-13(11,12)7-6-9-8-4-2-1-3-5-8/h6-9H,1-5H2,(H,10,11,12)/b7-6+. The summed E-state index contributed by atoms with van der Waals surface area (Å²) in [6, 6.07) is 0.367. The molecule has 0 unspecified atom stereocenters. The molecule has 4 nitrogen and oxygen atoms in total. The molecule has 0 atom stereocenters. The van der Waals surface area contributed by atoms with Crippen molar-refractivity contribution in [2.45, 2.75) is 38.1 Å². The van der Waals surface area contributed by atoms with Gasteiger partial charge in [-0.2, -0.15) is 8.42 Å². The molecule has 0 aromatic carbocycles. The third-order valence-electron chi connectivity index (χ3n) is 2.18. The highest BCUT2D eigenvalue weighted by Crippen LogP contribution is 2.17. The van der Waals surface area contributed by atoms with Gasteiger partial charge in [0.25, 0.3) is 10.1 Å². The molecule has 1 saturated carbocycles. The maximum atomic E-state index is 10.3. The molecular formula is C8H15NO3S. The van der Waals surface area contributed by atoms with Crippen LogP contribution >= 0.6 is 0 Å². The van der Waals surface area contributed by atoms with Crippen molar-refractivity contribution in [1.29, 1.82) is 0 Å². The Hall–Kier alpha value is -0.550. The highest BCUT2D eigenvalue weighted by Gasteiger charge is 2.10. The molecule has 0 bridgehead atoms. The third kappa shape index (κ3) is 4.90. The van der Waals surface area contributed by atoms with Crippen molar-refractivity contribution in [3.8, 4) is 0 Å². The van der Waals surface area contributed by atoms with Gasteiger partial charge >= 0.3 is 0 Å². The molecule has 0 amide bonds. The van der Waals surface area contributed by atoms with Gasteiger partial charge in [-0.15, -0.1) is 0 Å². The molecule has 1 aliphatic carbocycles. The van der Waals surface area contributed by atoms with E-state index in [0.29, 0.717) is 6.04 Å². The molecule has 1 fully saturated rings. The van der Waals surface area contributed by atoms with Gasteiger partial charge in [0.1, 0.15) is 0 Å². The SMILES string of the molecule is O=S(=O)(O)/C=C/NC1CCCCC1. The van der Waals surface area contributed by atoms with Crippen molar-refractivity contribution < 1.29 is 13.0 Å². The summed E-state index contributed by atoms with van der Waals surface area (Å²) in [4.78, 5) is 0. The lowest BCUT2D eigenvalue weighted by atomic mass is 9.96. The van der Waals surface area contributed by atoms with E-state index in [2.05, 4.69) is 5.32 Å². The average molecular weight is 205 g/mol. The van der Waals surface area contributed by atoms with Crippen molar-refractivity contribution in [2.75, 3.05) is 0 Å². The van der Waals surface area contributed by atoms with Crippen LogP contribution < -0.4 is 5.32 Å². The highest BCUT2D eigenvalue weighted by atomic mass is 32.2. The van der Waals surface area contributed by atoms with Crippen molar-refractivity contribution in [3.05, 3.63) is 11.6 Å². The molecule has 0 radical (unpaired) electrons. The fourth-order valence-electron chi connectivity index (χ4n) is 1.53. The zero-order valence-electron chi connectivity index (χ0n) is 7.44. The van der Waals surface area contributed by atoms with Crippen molar-refractivity contribution in [2.24, 2.45) is 0 Å². The molecule has 0 saturated heterocycles. The summed E-state index contributed by atoms with van der Waals surface area (Å²) < 4.78 is 29.0. The van der Waals surface area contributed by atoms with Crippen LogP contribution in [0.5, 0.6) is 0 Å². The molecule has 0 aromatic rings. The van der Waals surface area contributed by atoms with E-state index in [0.717, 1.165) is 18.2 Å². The molecule has 13 heavy (non-hydrogen) atoms. The number of hydrogen-bond acceptors (Lipinski definition) is 3. The van der Waals surface area contributed by atoms with Crippen LogP contribution in [-0.4, -0.2) is 19.0 Å². The van der Waals surface area contributed by atoms with Crippen LogP contribution in [-0.2, 0) is 10.1 Å². The lowest BCUT2D eigenvalue weighted by Crippen LogP contribution is -2.26. The summed E-state index contributed by atoms with van der Waals surface area (Å²) in [5, 5.41) is 3.74.